The maximum absolute atomic E-state index is 13.7. The quantitative estimate of drug-likeness (QED) is 0.209. The Balaban J connectivity index is 1.32. The number of halogens is 2. The molecule has 0 fully saturated rings. The molecule has 4 aromatic heterocycles. The van der Waals surface area contributed by atoms with Crippen LogP contribution in [0.2, 0.25) is 0 Å². The fourth-order valence-corrected chi connectivity index (χ4v) is 3.98. The normalized spacial score (nSPS) is 12.7. The third-order valence-electron chi connectivity index (χ3n) is 6.18. The largest absolute Gasteiger partial charge is 0.382 e. The second-order valence-corrected chi connectivity index (χ2v) is 8.93. The van der Waals surface area contributed by atoms with E-state index < -0.39 is 23.6 Å². The van der Waals surface area contributed by atoms with Gasteiger partial charge in [-0.1, -0.05) is 12.1 Å². The SMILES string of the molecule is C[C@H](NC(=O)c1nc(N)cnc1N[C@H](C)c1ccc(-c2cnc3[nH]nc(N)c3c2)nc1)c1ccc(F)c(F)c1. The molecule has 0 saturated heterocycles. The lowest BCUT2D eigenvalue weighted by molar-refractivity contribution is 0.0935. The Bertz CT molecular complexity index is 1670. The number of nitrogen functional groups attached to an aromatic ring is 2. The number of hydrogen-bond donors (Lipinski definition) is 5. The second-order valence-electron chi connectivity index (χ2n) is 8.93. The molecular weight excluding hydrogens is 506 g/mol. The standard InChI is InChI=1S/C26H24F2N10O/c1-12(14-3-5-18(27)19(28)8-14)35-26(39)22-25(33-11-21(29)36-22)34-13(2)15-4-6-20(31-9-15)16-7-17-23(30)37-38-24(17)32-10-16/h3-13H,1-2H3,(H2,29,36)(H,33,34)(H,35,39)(H3,30,32,37,38)/t12-,13+/m0/s1. The smallest absolute Gasteiger partial charge is 0.274 e. The van der Waals surface area contributed by atoms with E-state index in [1.807, 2.05) is 25.1 Å². The van der Waals surface area contributed by atoms with Gasteiger partial charge in [-0.2, -0.15) is 5.10 Å². The van der Waals surface area contributed by atoms with Gasteiger partial charge in [0.05, 0.1) is 29.4 Å². The number of nitrogens with one attached hydrogen (secondary N) is 3. The van der Waals surface area contributed by atoms with Crippen molar-refractivity contribution in [3.05, 3.63) is 83.4 Å². The molecule has 4 heterocycles. The highest BCUT2D eigenvalue weighted by Crippen LogP contribution is 2.26. The highest BCUT2D eigenvalue weighted by Gasteiger charge is 2.21. The van der Waals surface area contributed by atoms with Crippen LogP contribution in [0.25, 0.3) is 22.3 Å². The van der Waals surface area contributed by atoms with Gasteiger partial charge in [-0.3, -0.25) is 14.9 Å². The van der Waals surface area contributed by atoms with Crippen LogP contribution < -0.4 is 22.1 Å². The second kappa shape index (κ2) is 10.3. The Labute approximate surface area is 221 Å². The molecule has 0 aliphatic rings. The molecule has 0 spiro atoms. The molecule has 39 heavy (non-hydrogen) atoms. The number of nitrogens with two attached hydrogens (primary N) is 2. The van der Waals surface area contributed by atoms with E-state index in [-0.39, 0.29) is 23.4 Å². The number of amides is 1. The van der Waals surface area contributed by atoms with Gasteiger partial charge in [0, 0.05) is 18.0 Å². The Morgan fingerprint density at radius 3 is 2.46 bits per heavy atom. The number of carbonyl (C=O) groups is 1. The van der Waals surface area contributed by atoms with Crippen LogP contribution in [-0.4, -0.2) is 36.0 Å². The first-order valence-electron chi connectivity index (χ1n) is 11.9. The van der Waals surface area contributed by atoms with Gasteiger partial charge >= 0.3 is 0 Å². The zero-order valence-electron chi connectivity index (χ0n) is 20.9. The molecule has 13 heteroatoms. The Morgan fingerprint density at radius 1 is 0.923 bits per heavy atom. The molecule has 0 aliphatic carbocycles. The van der Waals surface area contributed by atoms with Crippen molar-refractivity contribution in [2.24, 2.45) is 0 Å². The molecule has 1 amide bonds. The van der Waals surface area contributed by atoms with Gasteiger partial charge in [0.25, 0.3) is 5.91 Å². The van der Waals surface area contributed by atoms with Crippen LogP contribution >= 0.6 is 0 Å². The average Bonchev–Trinajstić information content (AvgIpc) is 3.31. The summed E-state index contributed by atoms with van der Waals surface area (Å²) in [5, 5.41) is 13.3. The zero-order chi connectivity index (χ0) is 27.7. The van der Waals surface area contributed by atoms with Crippen molar-refractivity contribution < 1.29 is 13.6 Å². The molecule has 2 atom stereocenters. The number of pyridine rings is 2. The summed E-state index contributed by atoms with van der Waals surface area (Å²) in [7, 11) is 0. The number of carbonyl (C=O) groups excluding carboxylic acids is 1. The lowest BCUT2D eigenvalue weighted by atomic mass is 10.1. The number of aromatic nitrogens is 6. The molecule has 5 rings (SSSR count). The summed E-state index contributed by atoms with van der Waals surface area (Å²) >= 11 is 0. The van der Waals surface area contributed by atoms with E-state index in [0.717, 1.165) is 23.3 Å². The van der Waals surface area contributed by atoms with Gasteiger partial charge in [0.1, 0.15) is 5.82 Å². The summed E-state index contributed by atoms with van der Waals surface area (Å²) in [6.07, 6.45) is 4.71. The third kappa shape index (κ3) is 5.28. The lowest BCUT2D eigenvalue weighted by Gasteiger charge is -2.19. The predicted molar refractivity (Wildman–Crippen MR) is 142 cm³/mol. The maximum Gasteiger partial charge on any atom is 0.274 e. The third-order valence-corrected chi connectivity index (χ3v) is 6.18. The molecule has 0 saturated carbocycles. The minimum atomic E-state index is -1.00. The van der Waals surface area contributed by atoms with E-state index in [1.165, 1.54) is 12.3 Å². The van der Waals surface area contributed by atoms with Gasteiger partial charge in [-0.25, -0.2) is 23.7 Å². The van der Waals surface area contributed by atoms with Crippen molar-refractivity contribution >= 4 is 34.4 Å². The average molecular weight is 531 g/mol. The number of fused-ring (bicyclic) bond motifs is 1. The Hall–Kier alpha value is -5.20. The van der Waals surface area contributed by atoms with Crippen molar-refractivity contribution in [2.45, 2.75) is 25.9 Å². The van der Waals surface area contributed by atoms with Gasteiger partial charge in [0.15, 0.2) is 34.6 Å². The predicted octanol–water partition coefficient (Wildman–Crippen LogP) is 3.92. The van der Waals surface area contributed by atoms with E-state index in [2.05, 4.69) is 40.8 Å². The van der Waals surface area contributed by atoms with Crippen molar-refractivity contribution in [1.29, 1.82) is 0 Å². The van der Waals surface area contributed by atoms with Crippen molar-refractivity contribution in [1.82, 2.24) is 35.5 Å². The fourth-order valence-electron chi connectivity index (χ4n) is 3.98. The monoisotopic (exact) mass is 530 g/mol. The summed E-state index contributed by atoms with van der Waals surface area (Å²) in [5.41, 5.74) is 14.9. The molecule has 0 radical (unpaired) electrons. The molecule has 0 unspecified atom stereocenters. The molecule has 0 aliphatic heterocycles. The van der Waals surface area contributed by atoms with Gasteiger partial charge in [0.2, 0.25) is 0 Å². The van der Waals surface area contributed by atoms with Crippen LogP contribution in [0.1, 0.15) is 47.5 Å². The molecular formula is C26H24F2N10O. The molecule has 198 valence electrons. The molecule has 0 bridgehead atoms. The highest BCUT2D eigenvalue weighted by atomic mass is 19.2. The topological polar surface area (TPSA) is 173 Å². The Kier molecular flexibility index (Phi) is 6.71. The summed E-state index contributed by atoms with van der Waals surface area (Å²) in [6.45, 7) is 3.52. The van der Waals surface area contributed by atoms with Crippen LogP contribution in [0.3, 0.4) is 0 Å². The van der Waals surface area contributed by atoms with Gasteiger partial charge in [-0.05, 0) is 49.2 Å². The minimum Gasteiger partial charge on any atom is -0.382 e. The zero-order valence-corrected chi connectivity index (χ0v) is 20.9. The van der Waals surface area contributed by atoms with E-state index in [4.69, 9.17) is 11.5 Å². The number of H-pyrrole nitrogens is 1. The number of hydrogen-bond acceptors (Lipinski definition) is 9. The molecule has 1 aromatic carbocycles. The number of nitrogens with zero attached hydrogens (tertiary/aromatic N) is 5. The lowest BCUT2D eigenvalue weighted by Crippen LogP contribution is -2.29. The van der Waals surface area contributed by atoms with Gasteiger partial charge in [-0.15, -0.1) is 0 Å². The van der Waals surface area contributed by atoms with Gasteiger partial charge < -0.3 is 22.1 Å². The van der Waals surface area contributed by atoms with E-state index >= 15 is 0 Å². The first-order valence-corrected chi connectivity index (χ1v) is 11.9. The number of rotatable bonds is 7. The number of anilines is 3. The minimum absolute atomic E-state index is 0.0436. The Morgan fingerprint density at radius 2 is 1.72 bits per heavy atom. The van der Waals surface area contributed by atoms with E-state index in [9.17, 15) is 13.6 Å². The summed E-state index contributed by atoms with van der Waals surface area (Å²) in [6, 6.07) is 8.07. The number of aromatic amines is 1. The summed E-state index contributed by atoms with van der Waals surface area (Å²) in [4.78, 5) is 30.3. The fraction of sp³-hybridized carbons (Fsp3) is 0.154. The first-order chi connectivity index (χ1) is 18.7. The van der Waals surface area contributed by atoms with Crippen molar-refractivity contribution in [3.8, 4) is 11.3 Å². The highest BCUT2D eigenvalue weighted by molar-refractivity contribution is 5.97. The summed E-state index contributed by atoms with van der Waals surface area (Å²) in [5.74, 6) is -1.96. The van der Waals surface area contributed by atoms with Crippen LogP contribution in [0.15, 0.2) is 55.0 Å². The summed E-state index contributed by atoms with van der Waals surface area (Å²) < 4.78 is 27.0. The van der Waals surface area contributed by atoms with E-state index in [0.29, 0.717) is 28.1 Å². The molecule has 11 nitrogen and oxygen atoms in total. The number of benzene rings is 1. The van der Waals surface area contributed by atoms with E-state index in [1.54, 1.807) is 19.3 Å². The van der Waals surface area contributed by atoms with Crippen LogP contribution in [0, 0.1) is 11.6 Å². The maximum atomic E-state index is 13.7. The van der Waals surface area contributed by atoms with Crippen LogP contribution in [0.5, 0.6) is 0 Å². The van der Waals surface area contributed by atoms with Crippen molar-refractivity contribution in [3.63, 3.8) is 0 Å². The molecule has 5 aromatic rings. The van der Waals surface area contributed by atoms with Crippen LogP contribution in [-0.2, 0) is 0 Å². The van der Waals surface area contributed by atoms with Crippen molar-refractivity contribution in [2.75, 3.05) is 16.8 Å². The first kappa shape index (κ1) is 25.4. The molecule has 7 N–H and O–H groups in total. The van der Waals surface area contributed by atoms with Crippen LogP contribution in [0.4, 0.5) is 26.2 Å².